The van der Waals surface area contributed by atoms with E-state index in [2.05, 4.69) is 0 Å². The fraction of sp³-hybridized carbons (Fsp3) is 0.294. The van der Waals surface area contributed by atoms with Crippen LogP contribution in [0.4, 0.5) is 0 Å². The van der Waals surface area contributed by atoms with Gasteiger partial charge in [0.05, 0.1) is 6.26 Å². The number of ether oxygens (including phenoxy) is 1. The molecule has 0 atom stereocenters. The summed E-state index contributed by atoms with van der Waals surface area (Å²) in [7, 11) is -3.76. The van der Waals surface area contributed by atoms with Gasteiger partial charge in [-0.2, -0.15) is 8.42 Å². The van der Waals surface area contributed by atoms with Crippen LogP contribution in [0.5, 0.6) is 5.75 Å². The molecule has 8 heteroatoms. The zero-order chi connectivity index (χ0) is 18.2. The maximum Gasteiger partial charge on any atom is 0.345 e. The average Bonchev–Trinajstić information content (AvgIpc) is 2.49. The molecule has 0 saturated heterocycles. The Morgan fingerprint density at radius 3 is 2.36 bits per heavy atom. The highest BCUT2D eigenvalue weighted by Crippen LogP contribution is 2.38. The molecule has 3 N–H and O–H groups in total. The van der Waals surface area contributed by atoms with Crippen LogP contribution in [0, 0.1) is 5.41 Å². The van der Waals surface area contributed by atoms with Gasteiger partial charge in [-0.15, -0.1) is 0 Å². The Morgan fingerprint density at radius 1 is 1.16 bits per heavy atom. The van der Waals surface area contributed by atoms with Gasteiger partial charge in [0.25, 0.3) is 10.1 Å². The Bertz CT molecular complexity index is 964. The van der Waals surface area contributed by atoms with Crippen LogP contribution in [0.25, 0.3) is 10.8 Å². The number of benzene rings is 2. The number of nitrogen functional groups attached to an aromatic ring is 1. The SMILES string of the molecule is CS(=O)(=O)OC1(C(=O)Oc2ccc3cc(C(=N)N)ccc3c2)CCC1. The monoisotopic (exact) mass is 362 g/mol. The number of fused-ring (bicyclic) bond motifs is 1. The van der Waals surface area contributed by atoms with E-state index < -0.39 is 21.7 Å². The number of hydrogen-bond donors (Lipinski definition) is 2. The highest BCUT2D eigenvalue weighted by atomic mass is 32.2. The molecule has 0 spiro atoms. The van der Waals surface area contributed by atoms with Crippen LogP contribution in [-0.4, -0.2) is 32.1 Å². The quantitative estimate of drug-likeness (QED) is 0.276. The normalized spacial score (nSPS) is 16.2. The fourth-order valence-corrected chi connectivity index (χ4v) is 3.58. The van der Waals surface area contributed by atoms with Crippen LogP contribution in [0.3, 0.4) is 0 Å². The Hall–Kier alpha value is -2.45. The zero-order valence-electron chi connectivity index (χ0n) is 13.6. The number of nitrogens with two attached hydrogens (primary N) is 1. The average molecular weight is 362 g/mol. The van der Waals surface area contributed by atoms with Crippen LogP contribution < -0.4 is 10.5 Å². The maximum atomic E-state index is 12.4. The molecule has 1 aliphatic rings. The number of esters is 1. The summed E-state index contributed by atoms with van der Waals surface area (Å²) in [5, 5.41) is 9.11. The van der Waals surface area contributed by atoms with Crippen molar-refractivity contribution < 1.29 is 22.1 Å². The maximum absolute atomic E-state index is 12.4. The Labute approximate surface area is 145 Å². The van der Waals surface area contributed by atoms with Gasteiger partial charge in [0.1, 0.15) is 11.6 Å². The summed E-state index contributed by atoms with van der Waals surface area (Å²) >= 11 is 0. The first-order chi connectivity index (χ1) is 11.7. The molecule has 0 amide bonds. The summed E-state index contributed by atoms with van der Waals surface area (Å²) in [5.74, 6) is -0.428. The predicted molar refractivity (Wildman–Crippen MR) is 93.1 cm³/mol. The molecule has 0 bridgehead atoms. The van der Waals surface area contributed by atoms with Crippen molar-refractivity contribution in [3.8, 4) is 5.75 Å². The highest BCUT2D eigenvalue weighted by molar-refractivity contribution is 7.86. The lowest BCUT2D eigenvalue weighted by atomic mass is 9.80. The van der Waals surface area contributed by atoms with E-state index in [0.29, 0.717) is 30.6 Å². The second-order valence-electron chi connectivity index (χ2n) is 6.16. The van der Waals surface area contributed by atoms with Gasteiger partial charge >= 0.3 is 5.97 Å². The number of nitrogens with one attached hydrogen (secondary N) is 1. The molecule has 1 aliphatic carbocycles. The van der Waals surface area contributed by atoms with Crippen molar-refractivity contribution in [2.24, 2.45) is 5.73 Å². The molecule has 1 saturated carbocycles. The minimum absolute atomic E-state index is 0.0257. The van der Waals surface area contributed by atoms with E-state index in [1.165, 1.54) is 0 Å². The molecule has 0 heterocycles. The van der Waals surface area contributed by atoms with Gasteiger partial charge in [-0.05, 0) is 48.2 Å². The van der Waals surface area contributed by atoms with Gasteiger partial charge in [-0.25, -0.2) is 4.79 Å². The summed E-state index contributed by atoms with van der Waals surface area (Å²) in [5.41, 5.74) is 4.66. The van der Waals surface area contributed by atoms with Gasteiger partial charge in [-0.1, -0.05) is 18.2 Å². The van der Waals surface area contributed by atoms with Crippen LogP contribution in [0.2, 0.25) is 0 Å². The van der Waals surface area contributed by atoms with E-state index in [4.69, 9.17) is 20.1 Å². The molecular weight excluding hydrogens is 344 g/mol. The summed E-state index contributed by atoms with van der Waals surface area (Å²) in [6, 6.07) is 10.3. The van der Waals surface area contributed by atoms with E-state index in [1.807, 2.05) is 0 Å². The summed E-state index contributed by atoms with van der Waals surface area (Å²) < 4.78 is 33.1. The molecule has 2 aromatic rings. The molecular formula is C17H18N2O5S. The van der Waals surface area contributed by atoms with E-state index in [1.54, 1.807) is 36.4 Å². The van der Waals surface area contributed by atoms with Crippen LogP contribution in [-0.2, 0) is 19.1 Å². The van der Waals surface area contributed by atoms with Crippen LogP contribution >= 0.6 is 0 Å². The molecule has 1 fully saturated rings. The third kappa shape index (κ3) is 3.64. The molecule has 0 unspecified atom stereocenters. The van der Waals surface area contributed by atoms with Gasteiger partial charge in [0, 0.05) is 5.56 Å². The van der Waals surface area contributed by atoms with Crippen molar-refractivity contribution in [2.45, 2.75) is 24.9 Å². The summed E-state index contributed by atoms with van der Waals surface area (Å²) in [6.45, 7) is 0. The first kappa shape index (κ1) is 17.4. The minimum Gasteiger partial charge on any atom is -0.424 e. The van der Waals surface area contributed by atoms with Crippen LogP contribution in [0.1, 0.15) is 24.8 Å². The fourth-order valence-electron chi connectivity index (χ4n) is 2.76. The molecule has 2 aromatic carbocycles. The van der Waals surface area contributed by atoms with Crippen molar-refractivity contribution in [1.82, 2.24) is 0 Å². The summed E-state index contributed by atoms with van der Waals surface area (Å²) in [6.07, 6.45) is 2.25. The number of amidine groups is 1. The first-order valence-electron chi connectivity index (χ1n) is 7.70. The van der Waals surface area contributed by atoms with Crippen LogP contribution in [0.15, 0.2) is 36.4 Å². The van der Waals surface area contributed by atoms with E-state index in [-0.39, 0.29) is 5.84 Å². The molecule has 0 radical (unpaired) electrons. The molecule has 0 aliphatic heterocycles. The second kappa shape index (κ2) is 6.12. The van der Waals surface area contributed by atoms with E-state index >= 15 is 0 Å². The predicted octanol–water partition coefficient (Wildman–Crippen LogP) is 1.93. The first-order valence-corrected chi connectivity index (χ1v) is 9.51. The lowest BCUT2D eigenvalue weighted by Crippen LogP contribution is -2.51. The molecule has 25 heavy (non-hydrogen) atoms. The standard InChI is InChI=1S/C17H18N2O5S/c1-25(21,22)24-17(7-2-8-17)16(20)23-14-6-5-11-9-13(15(18)19)4-3-12(11)10-14/h3-6,9-10H,2,7-8H2,1H3,(H3,18,19). The van der Waals surface area contributed by atoms with E-state index in [0.717, 1.165) is 17.0 Å². The zero-order valence-corrected chi connectivity index (χ0v) is 14.4. The Morgan fingerprint density at radius 2 is 1.80 bits per heavy atom. The molecule has 132 valence electrons. The number of hydrogen-bond acceptors (Lipinski definition) is 6. The third-order valence-electron chi connectivity index (χ3n) is 4.18. The van der Waals surface area contributed by atoms with Crippen molar-refractivity contribution >= 4 is 32.7 Å². The van der Waals surface area contributed by atoms with E-state index in [9.17, 15) is 13.2 Å². The third-order valence-corrected chi connectivity index (χ3v) is 4.80. The smallest absolute Gasteiger partial charge is 0.345 e. The van der Waals surface area contributed by atoms with Gasteiger partial charge in [0.2, 0.25) is 0 Å². The van der Waals surface area contributed by atoms with Gasteiger partial charge in [0.15, 0.2) is 5.60 Å². The molecule has 7 nitrogen and oxygen atoms in total. The number of rotatable bonds is 5. The largest absolute Gasteiger partial charge is 0.424 e. The number of carbonyl (C=O) groups is 1. The number of carbonyl (C=O) groups excluding carboxylic acids is 1. The topological polar surface area (TPSA) is 120 Å². The van der Waals surface area contributed by atoms with Crippen molar-refractivity contribution in [1.29, 1.82) is 5.41 Å². The van der Waals surface area contributed by atoms with Gasteiger partial charge in [-0.3, -0.25) is 9.59 Å². The van der Waals surface area contributed by atoms with Gasteiger partial charge < -0.3 is 10.5 Å². The van der Waals surface area contributed by atoms with Crippen molar-refractivity contribution in [2.75, 3.05) is 6.26 Å². The lowest BCUT2D eigenvalue weighted by Gasteiger charge is -2.37. The Kier molecular flexibility index (Phi) is 4.26. The minimum atomic E-state index is -3.76. The molecule has 3 rings (SSSR count). The lowest BCUT2D eigenvalue weighted by molar-refractivity contribution is -0.159. The summed E-state index contributed by atoms with van der Waals surface area (Å²) in [4.78, 5) is 12.4. The van der Waals surface area contributed by atoms with Crippen molar-refractivity contribution in [3.05, 3.63) is 42.0 Å². The Balaban J connectivity index is 1.83. The highest BCUT2D eigenvalue weighted by Gasteiger charge is 2.50. The van der Waals surface area contributed by atoms with Crippen molar-refractivity contribution in [3.63, 3.8) is 0 Å². The molecule has 0 aromatic heterocycles. The second-order valence-corrected chi connectivity index (χ2v) is 7.74.